The van der Waals surface area contributed by atoms with Crippen LogP contribution in [0.3, 0.4) is 0 Å². The Kier molecular flexibility index (Phi) is 3.36. The maximum atomic E-state index is 13.5. The summed E-state index contributed by atoms with van der Waals surface area (Å²) in [6.45, 7) is 0.382. The molecule has 0 aliphatic rings. The van der Waals surface area contributed by atoms with E-state index in [9.17, 15) is 8.78 Å². The Morgan fingerprint density at radius 2 is 2.19 bits per heavy atom. The summed E-state index contributed by atoms with van der Waals surface area (Å²) < 4.78 is 33.0. The van der Waals surface area contributed by atoms with Crippen molar-refractivity contribution in [3.63, 3.8) is 0 Å². The molecule has 16 heavy (non-hydrogen) atoms. The van der Waals surface area contributed by atoms with Crippen LogP contribution in [0.15, 0.2) is 9.98 Å². The van der Waals surface area contributed by atoms with Crippen molar-refractivity contribution in [3.8, 4) is 5.75 Å². The van der Waals surface area contributed by atoms with Crippen molar-refractivity contribution in [1.29, 1.82) is 0 Å². The van der Waals surface area contributed by atoms with Gasteiger partial charge in [0.2, 0.25) is 5.82 Å². The molecule has 0 saturated heterocycles. The minimum absolute atomic E-state index is 0.00877. The third-order valence-corrected chi connectivity index (χ3v) is 3.34. The lowest BCUT2D eigenvalue weighted by Gasteiger charge is -2.06. The largest absolute Gasteiger partial charge is 0.489 e. The Morgan fingerprint density at radius 1 is 1.44 bits per heavy atom. The van der Waals surface area contributed by atoms with Crippen LogP contribution >= 0.6 is 27.3 Å². The molecule has 0 bridgehead atoms. The topological polar surface area (TPSA) is 48.1 Å². The summed E-state index contributed by atoms with van der Waals surface area (Å²) in [6.07, 6.45) is 0. The lowest BCUT2D eigenvalue weighted by atomic mass is 10.3. The predicted molar refractivity (Wildman–Crippen MR) is 61.8 cm³/mol. The second-order valence-electron chi connectivity index (χ2n) is 2.95. The fourth-order valence-electron chi connectivity index (χ4n) is 1.23. The van der Waals surface area contributed by atoms with Gasteiger partial charge in [0, 0.05) is 12.6 Å². The monoisotopic (exact) mass is 308 g/mol. The number of ether oxygens (including phenoxy) is 1. The van der Waals surface area contributed by atoms with E-state index < -0.39 is 11.6 Å². The predicted octanol–water partition coefficient (Wildman–Crippen LogP) is 2.67. The first-order chi connectivity index (χ1) is 7.63. The minimum Gasteiger partial charge on any atom is -0.489 e. The highest BCUT2D eigenvalue weighted by Crippen LogP contribution is 2.33. The molecule has 0 unspecified atom stereocenters. The first-order valence-electron chi connectivity index (χ1n) is 4.40. The van der Waals surface area contributed by atoms with Gasteiger partial charge in [0.25, 0.3) is 0 Å². The highest BCUT2D eigenvalue weighted by Gasteiger charge is 2.17. The fraction of sp³-hybridized carbons (Fsp3) is 0.222. The van der Waals surface area contributed by atoms with Crippen LogP contribution < -0.4 is 10.5 Å². The number of thiazole rings is 1. The third-order valence-electron chi connectivity index (χ3n) is 1.88. The molecule has 86 valence electrons. The summed E-state index contributed by atoms with van der Waals surface area (Å²) in [5.41, 5.74) is 5.23. The van der Waals surface area contributed by atoms with Crippen LogP contribution in [0.5, 0.6) is 5.75 Å². The van der Waals surface area contributed by atoms with Gasteiger partial charge in [-0.2, -0.15) is 4.39 Å². The zero-order valence-electron chi connectivity index (χ0n) is 7.97. The molecule has 0 aliphatic carbocycles. The number of rotatable bonds is 3. The van der Waals surface area contributed by atoms with E-state index in [0.29, 0.717) is 8.62 Å². The summed E-state index contributed by atoms with van der Waals surface area (Å²) in [5, 5.41) is 0. The SMILES string of the molecule is NCCOc1cc2sc(Br)nc2c(F)c1F. The van der Waals surface area contributed by atoms with E-state index in [-0.39, 0.29) is 24.4 Å². The number of benzene rings is 1. The van der Waals surface area contributed by atoms with Crippen molar-refractivity contribution in [2.24, 2.45) is 5.73 Å². The number of fused-ring (bicyclic) bond motifs is 1. The average Bonchev–Trinajstić information content (AvgIpc) is 2.62. The van der Waals surface area contributed by atoms with Crippen molar-refractivity contribution in [2.75, 3.05) is 13.2 Å². The summed E-state index contributed by atoms with van der Waals surface area (Å²) in [7, 11) is 0. The number of aromatic nitrogens is 1. The van der Waals surface area contributed by atoms with E-state index in [0.717, 1.165) is 0 Å². The van der Waals surface area contributed by atoms with Crippen LogP contribution in [0.2, 0.25) is 0 Å². The molecule has 0 fully saturated rings. The van der Waals surface area contributed by atoms with Gasteiger partial charge >= 0.3 is 0 Å². The maximum absolute atomic E-state index is 13.5. The van der Waals surface area contributed by atoms with Crippen LogP contribution in [0.1, 0.15) is 0 Å². The van der Waals surface area contributed by atoms with Crippen LogP contribution in [0, 0.1) is 11.6 Å². The summed E-state index contributed by atoms with van der Waals surface area (Å²) in [5.74, 6) is -2.16. The average molecular weight is 309 g/mol. The molecule has 0 radical (unpaired) electrons. The van der Waals surface area contributed by atoms with Crippen LogP contribution in [0.25, 0.3) is 10.2 Å². The normalized spacial score (nSPS) is 11.0. The van der Waals surface area contributed by atoms with Crippen LogP contribution in [-0.2, 0) is 0 Å². The minimum atomic E-state index is -1.03. The number of hydrogen-bond donors (Lipinski definition) is 1. The molecule has 1 heterocycles. The highest BCUT2D eigenvalue weighted by molar-refractivity contribution is 9.11. The molecular weight excluding hydrogens is 302 g/mol. The van der Waals surface area contributed by atoms with E-state index >= 15 is 0 Å². The summed E-state index contributed by atoms with van der Waals surface area (Å²) in [6, 6.07) is 1.42. The fourth-order valence-corrected chi connectivity index (χ4v) is 2.65. The van der Waals surface area contributed by atoms with Crippen molar-refractivity contribution in [1.82, 2.24) is 4.98 Å². The molecule has 0 aliphatic heterocycles. The molecule has 0 atom stereocenters. The first-order valence-corrected chi connectivity index (χ1v) is 6.01. The molecule has 1 aromatic carbocycles. The lowest BCUT2D eigenvalue weighted by molar-refractivity contribution is 0.305. The quantitative estimate of drug-likeness (QED) is 0.948. The van der Waals surface area contributed by atoms with Crippen molar-refractivity contribution in [2.45, 2.75) is 0 Å². The Balaban J connectivity index is 2.54. The molecule has 2 N–H and O–H groups in total. The first kappa shape index (κ1) is 11.7. The molecule has 0 spiro atoms. The molecule has 0 saturated carbocycles. The van der Waals surface area contributed by atoms with Crippen LogP contribution in [0.4, 0.5) is 8.78 Å². The molecular formula is C9H7BrF2N2OS. The van der Waals surface area contributed by atoms with Crippen molar-refractivity contribution < 1.29 is 13.5 Å². The van der Waals surface area contributed by atoms with Crippen LogP contribution in [-0.4, -0.2) is 18.1 Å². The van der Waals surface area contributed by atoms with Gasteiger partial charge in [-0.25, -0.2) is 9.37 Å². The Labute approximate surface area is 102 Å². The van der Waals surface area contributed by atoms with Gasteiger partial charge in [0.1, 0.15) is 12.1 Å². The smallest absolute Gasteiger partial charge is 0.202 e. The van der Waals surface area contributed by atoms with E-state index in [1.165, 1.54) is 17.4 Å². The molecule has 3 nitrogen and oxygen atoms in total. The summed E-state index contributed by atoms with van der Waals surface area (Å²) >= 11 is 4.33. The maximum Gasteiger partial charge on any atom is 0.202 e. The van der Waals surface area contributed by atoms with Crippen molar-refractivity contribution in [3.05, 3.63) is 21.6 Å². The Morgan fingerprint density at radius 3 is 2.88 bits per heavy atom. The van der Waals surface area contributed by atoms with E-state index in [4.69, 9.17) is 10.5 Å². The molecule has 2 aromatic rings. The Hall–Kier alpha value is -0.790. The summed E-state index contributed by atoms with van der Waals surface area (Å²) in [4.78, 5) is 3.83. The van der Waals surface area contributed by atoms with E-state index in [1.54, 1.807) is 0 Å². The van der Waals surface area contributed by atoms with Gasteiger partial charge in [0.05, 0.1) is 4.70 Å². The van der Waals surface area contributed by atoms with Gasteiger partial charge in [-0.1, -0.05) is 0 Å². The van der Waals surface area contributed by atoms with E-state index in [1.807, 2.05) is 0 Å². The zero-order valence-corrected chi connectivity index (χ0v) is 10.4. The molecule has 2 rings (SSSR count). The van der Waals surface area contributed by atoms with Gasteiger partial charge in [0.15, 0.2) is 15.5 Å². The van der Waals surface area contributed by atoms with E-state index in [2.05, 4.69) is 20.9 Å². The van der Waals surface area contributed by atoms with Crippen molar-refractivity contribution >= 4 is 37.5 Å². The number of nitrogens with two attached hydrogens (primary N) is 1. The number of hydrogen-bond acceptors (Lipinski definition) is 4. The second-order valence-corrected chi connectivity index (χ2v) is 5.26. The molecule has 7 heteroatoms. The lowest BCUT2D eigenvalue weighted by Crippen LogP contribution is -2.11. The Bertz CT molecular complexity index is 532. The standard InChI is InChI=1S/C9H7BrF2N2OS/c10-9-14-8-5(16-9)3-4(15-2-1-13)6(11)7(8)12/h3H,1-2,13H2. The number of halogens is 3. The van der Waals surface area contributed by atoms with Gasteiger partial charge in [-0.3, -0.25) is 0 Å². The highest BCUT2D eigenvalue weighted by atomic mass is 79.9. The van der Waals surface area contributed by atoms with Gasteiger partial charge in [-0.15, -0.1) is 11.3 Å². The third kappa shape index (κ3) is 2.02. The molecule has 1 aromatic heterocycles. The van der Waals surface area contributed by atoms with Gasteiger partial charge < -0.3 is 10.5 Å². The van der Waals surface area contributed by atoms with Gasteiger partial charge in [-0.05, 0) is 15.9 Å². The number of nitrogens with zero attached hydrogens (tertiary/aromatic N) is 1. The second kappa shape index (κ2) is 4.60. The molecule has 0 amide bonds. The zero-order chi connectivity index (χ0) is 11.7.